The minimum absolute atomic E-state index is 0.274. The molecule has 0 saturated heterocycles. The molecule has 2 atom stereocenters. The highest BCUT2D eigenvalue weighted by atomic mass is 35.5. The van der Waals surface area contributed by atoms with E-state index in [2.05, 4.69) is 14.9 Å². The Morgan fingerprint density at radius 2 is 2.19 bits per heavy atom. The number of aliphatic hydroxyl groups excluding tert-OH is 1. The fourth-order valence-corrected chi connectivity index (χ4v) is 3.46. The van der Waals surface area contributed by atoms with E-state index in [9.17, 15) is 5.11 Å². The summed E-state index contributed by atoms with van der Waals surface area (Å²) in [5, 5.41) is 13.8. The van der Waals surface area contributed by atoms with Crippen LogP contribution in [0.25, 0.3) is 11.0 Å². The van der Waals surface area contributed by atoms with E-state index >= 15 is 0 Å². The van der Waals surface area contributed by atoms with E-state index < -0.39 is 0 Å². The molecule has 2 unspecified atom stereocenters. The maximum atomic E-state index is 9.48. The molecule has 1 heterocycles. The molecule has 5 heteroatoms. The number of aromatic nitrogens is 2. The van der Waals surface area contributed by atoms with E-state index in [1.165, 1.54) is 12.8 Å². The van der Waals surface area contributed by atoms with Crippen molar-refractivity contribution in [1.82, 2.24) is 14.9 Å². The smallest absolute Gasteiger partial charge is 0.123 e. The minimum Gasteiger partial charge on any atom is -0.396 e. The quantitative estimate of drug-likeness (QED) is 0.913. The first-order valence-corrected chi connectivity index (χ1v) is 8.02. The maximum Gasteiger partial charge on any atom is 0.123 e. The number of aryl methyl sites for hydroxylation is 1. The highest BCUT2D eigenvalue weighted by molar-refractivity contribution is 6.31. The standard InChI is InChI=1S/C16H22ClN3O/c1-20-15-7-6-12(17)8-14(15)19-16(20)9-18-13-5-3-2-4-11(13)10-21/h6-8,11,13,18,21H,2-5,9-10H2,1H3. The van der Waals surface area contributed by atoms with Crippen LogP contribution < -0.4 is 5.32 Å². The zero-order valence-corrected chi connectivity index (χ0v) is 13.1. The second-order valence-electron chi connectivity index (χ2n) is 5.93. The molecule has 1 aliphatic rings. The fraction of sp³-hybridized carbons (Fsp3) is 0.562. The third kappa shape index (κ3) is 3.07. The Balaban J connectivity index is 1.74. The number of aliphatic hydroxyl groups is 1. The minimum atomic E-state index is 0.274. The van der Waals surface area contributed by atoms with Crippen LogP contribution in [-0.2, 0) is 13.6 Å². The molecule has 114 valence electrons. The van der Waals surface area contributed by atoms with Crippen LogP contribution in [0.4, 0.5) is 0 Å². The average Bonchev–Trinajstić information content (AvgIpc) is 2.81. The molecule has 0 bridgehead atoms. The largest absolute Gasteiger partial charge is 0.396 e. The van der Waals surface area contributed by atoms with Crippen LogP contribution in [0.1, 0.15) is 31.5 Å². The van der Waals surface area contributed by atoms with Crippen molar-refractivity contribution in [3.63, 3.8) is 0 Å². The van der Waals surface area contributed by atoms with Crippen molar-refractivity contribution in [1.29, 1.82) is 0 Å². The molecule has 1 aromatic heterocycles. The van der Waals surface area contributed by atoms with Gasteiger partial charge in [0.2, 0.25) is 0 Å². The van der Waals surface area contributed by atoms with Gasteiger partial charge in [0.05, 0.1) is 17.6 Å². The Hall–Kier alpha value is -1.10. The molecule has 0 spiro atoms. The predicted octanol–water partition coefficient (Wildman–Crippen LogP) is 2.87. The van der Waals surface area contributed by atoms with Crippen molar-refractivity contribution in [2.24, 2.45) is 13.0 Å². The number of hydrogen-bond donors (Lipinski definition) is 2. The van der Waals surface area contributed by atoms with E-state index in [0.29, 0.717) is 17.0 Å². The summed E-state index contributed by atoms with van der Waals surface area (Å²) in [6.45, 7) is 1.000. The molecule has 1 saturated carbocycles. The van der Waals surface area contributed by atoms with Crippen molar-refractivity contribution >= 4 is 22.6 Å². The van der Waals surface area contributed by atoms with Gasteiger partial charge in [0.15, 0.2) is 0 Å². The predicted molar refractivity (Wildman–Crippen MR) is 85.4 cm³/mol. The summed E-state index contributed by atoms with van der Waals surface area (Å²) < 4.78 is 2.11. The van der Waals surface area contributed by atoms with Crippen molar-refractivity contribution < 1.29 is 5.11 Å². The average molecular weight is 308 g/mol. The molecule has 2 N–H and O–H groups in total. The van der Waals surface area contributed by atoms with E-state index in [-0.39, 0.29) is 6.61 Å². The van der Waals surface area contributed by atoms with Crippen LogP contribution in [0.3, 0.4) is 0 Å². The summed E-state index contributed by atoms with van der Waals surface area (Å²) in [5.74, 6) is 1.39. The van der Waals surface area contributed by atoms with Gasteiger partial charge in [0.1, 0.15) is 5.82 Å². The van der Waals surface area contributed by atoms with Gasteiger partial charge in [-0.1, -0.05) is 24.4 Å². The van der Waals surface area contributed by atoms with Crippen LogP contribution in [0.15, 0.2) is 18.2 Å². The molecular formula is C16H22ClN3O. The van der Waals surface area contributed by atoms with Gasteiger partial charge in [0.25, 0.3) is 0 Å². The maximum absolute atomic E-state index is 9.48. The van der Waals surface area contributed by atoms with Gasteiger partial charge in [-0.15, -0.1) is 0 Å². The van der Waals surface area contributed by atoms with Crippen LogP contribution in [0.5, 0.6) is 0 Å². The molecule has 0 aliphatic heterocycles. The summed E-state index contributed by atoms with van der Waals surface area (Å²) in [4.78, 5) is 4.66. The Labute approximate surface area is 130 Å². The van der Waals surface area contributed by atoms with Gasteiger partial charge in [-0.2, -0.15) is 0 Å². The number of imidazole rings is 1. The van der Waals surface area contributed by atoms with Gasteiger partial charge in [-0.25, -0.2) is 4.98 Å². The molecule has 2 aromatic rings. The number of benzene rings is 1. The topological polar surface area (TPSA) is 50.1 Å². The number of halogens is 1. The molecule has 3 rings (SSSR count). The number of fused-ring (bicyclic) bond motifs is 1. The van der Waals surface area contributed by atoms with Crippen molar-refractivity contribution in [3.8, 4) is 0 Å². The van der Waals surface area contributed by atoms with E-state index in [0.717, 1.165) is 36.2 Å². The van der Waals surface area contributed by atoms with Crippen LogP contribution in [0, 0.1) is 5.92 Å². The number of nitrogens with zero attached hydrogens (tertiary/aromatic N) is 2. The molecular weight excluding hydrogens is 286 g/mol. The zero-order valence-electron chi connectivity index (χ0n) is 12.3. The van der Waals surface area contributed by atoms with Crippen molar-refractivity contribution in [2.75, 3.05) is 6.61 Å². The third-order valence-electron chi connectivity index (χ3n) is 4.60. The molecule has 1 aliphatic carbocycles. The van der Waals surface area contributed by atoms with Crippen LogP contribution in [0.2, 0.25) is 5.02 Å². The summed E-state index contributed by atoms with van der Waals surface area (Å²) in [7, 11) is 2.03. The van der Waals surface area contributed by atoms with E-state index in [1.807, 2.05) is 25.2 Å². The first-order valence-electron chi connectivity index (χ1n) is 7.64. The van der Waals surface area contributed by atoms with Crippen LogP contribution >= 0.6 is 11.6 Å². The molecule has 4 nitrogen and oxygen atoms in total. The lowest BCUT2D eigenvalue weighted by Crippen LogP contribution is -2.40. The number of rotatable bonds is 4. The second-order valence-corrected chi connectivity index (χ2v) is 6.37. The van der Waals surface area contributed by atoms with Crippen molar-refractivity contribution in [3.05, 3.63) is 29.0 Å². The van der Waals surface area contributed by atoms with E-state index in [4.69, 9.17) is 11.6 Å². The molecule has 0 radical (unpaired) electrons. The lowest BCUT2D eigenvalue weighted by Gasteiger charge is -2.30. The Morgan fingerprint density at radius 1 is 1.38 bits per heavy atom. The first kappa shape index (κ1) is 14.8. The SMILES string of the molecule is Cn1c(CNC2CCCCC2CO)nc2cc(Cl)ccc21. The highest BCUT2D eigenvalue weighted by Crippen LogP contribution is 2.25. The monoisotopic (exact) mass is 307 g/mol. The van der Waals surface area contributed by atoms with Gasteiger partial charge < -0.3 is 15.0 Å². The van der Waals surface area contributed by atoms with Crippen LogP contribution in [-0.4, -0.2) is 27.3 Å². The summed E-state index contributed by atoms with van der Waals surface area (Å²) in [5.41, 5.74) is 2.03. The summed E-state index contributed by atoms with van der Waals surface area (Å²) in [6, 6.07) is 6.20. The summed E-state index contributed by atoms with van der Waals surface area (Å²) >= 11 is 6.02. The number of nitrogens with one attached hydrogen (secondary N) is 1. The second kappa shape index (κ2) is 6.34. The number of hydrogen-bond acceptors (Lipinski definition) is 3. The first-order chi connectivity index (χ1) is 10.2. The molecule has 1 fully saturated rings. The highest BCUT2D eigenvalue weighted by Gasteiger charge is 2.24. The van der Waals surface area contributed by atoms with Gasteiger partial charge in [-0.05, 0) is 37.0 Å². The third-order valence-corrected chi connectivity index (χ3v) is 4.84. The molecule has 1 aromatic carbocycles. The normalized spacial score (nSPS) is 22.8. The van der Waals surface area contributed by atoms with Gasteiger partial charge in [-0.3, -0.25) is 0 Å². The Bertz CT molecular complexity index is 625. The lowest BCUT2D eigenvalue weighted by molar-refractivity contribution is 0.152. The van der Waals surface area contributed by atoms with E-state index in [1.54, 1.807) is 0 Å². The molecule has 0 amide bonds. The summed E-state index contributed by atoms with van der Waals surface area (Å²) in [6.07, 6.45) is 4.73. The zero-order chi connectivity index (χ0) is 14.8. The Morgan fingerprint density at radius 3 is 3.00 bits per heavy atom. The van der Waals surface area contributed by atoms with Gasteiger partial charge >= 0.3 is 0 Å². The Kier molecular flexibility index (Phi) is 4.48. The van der Waals surface area contributed by atoms with Crippen molar-refractivity contribution in [2.45, 2.75) is 38.3 Å². The fourth-order valence-electron chi connectivity index (χ4n) is 3.30. The lowest BCUT2D eigenvalue weighted by atomic mass is 9.85. The molecule has 21 heavy (non-hydrogen) atoms. The van der Waals surface area contributed by atoms with Gasteiger partial charge in [0, 0.05) is 24.7 Å².